The molecule has 4 nitrogen and oxygen atoms in total. The Kier molecular flexibility index (Phi) is 3.01. The minimum Gasteiger partial charge on any atom is -0.381 e. The van der Waals surface area contributed by atoms with E-state index in [0.29, 0.717) is 5.82 Å². The van der Waals surface area contributed by atoms with Crippen molar-refractivity contribution in [2.75, 3.05) is 18.5 Å². The maximum absolute atomic E-state index is 12.4. The third-order valence-corrected chi connectivity index (χ3v) is 5.10. The highest BCUT2D eigenvalue weighted by Gasteiger charge is 2.59. The molecular weight excluding hydrogens is 332 g/mol. The predicted octanol–water partition coefficient (Wildman–Crippen LogP) is 3.36. The number of halogens is 1. The second-order valence-corrected chi connectivity index (χ2v) is 6.85. The van der Waals surface area contributed by atoms with Crippen LogP contribution in [0.1, 0.15) is 12.8 Å². The Bertz CT molecular complexity index is 725. The molecule has 1 spiro atoms. The van der Waals surface area contributed by atoms with Crippen molar-refractivity contribution in [2.45, 2.75) is 12.8 Å². The SMILES string of the molecule is O=C(Nc1nccc2cc(Br)ccc12)C1CC12CCOC2. The maximum Gasteiger partial charge on any atom is 0.229 e. The largest absolute Gasteiger partial charge is 0.381 e. The number of amides is 1. The van der Waals surface area contributed by atoms with Crippen LogP contribution in [0.15, 0.2) is 34.9 Å². The van der Waals surface area contributed by atoms with Crippen LogP contribution in [0, 0.1) is 11.3 Å². The molecule has 2 unspecified atom stereocenters. The molecule has 1 aliphatic heterocycles. The van der Waals surface area contributed by atoms with Gasteiger partial charge in [-0.05, 0) is 42.5 Å². The number of hydrogen-bond donors (Lipinski definition) is 1. The van der Waals surface area contributed by atoms with Gasteiger partial charge in [0, 0.05) is 34.0 Å². The fraction of sp³-hybridized carbons (Fsp3) is 0.375. The zero-order chi connectivity index (χ0) is 14.4. The van der Waals surface area contributed by atoms with Crippen LogP contribution >= 0.6 is 15.9 Å². The van der Waals surface area contributed by atoms with Crippen molar-refractivity contribution in [1.29, 1.82) is 0 Å². The second-order valence-electron chi connectivity index (χ2n) is 5.94. The van der Waals surface area contributed by atoms with Gasteiger partial charge in [-0.2, -0.15) is 0 Å². The van der Waals surface area contributed by atoms with Gasteiger partial charge in [0.2, 0.25) is 5.91 Å². The predicted molar refractivity (Wildman–Crippen MR) is 84.0 cm³/mol. The summed E-state index contributed by atoms with van der Waals surface area (Å²) < 4.78 is 6.45. The van der Waals surface area contributed by atoms with Gasteiger partial charge in [-0.25, -0.2) is 4.98 Å². The van der Waals surface area contributed by atoms with Crippen LogP contribution in [0.3, 0.4) is 0 Å². The Hall–Kier alpha value is -1.46. The van der Waals surface area contributed by atoms with Gasteiger partial charge in [-0.15, -0.1) is 0 Å². The highest BCUT2D eigenvalue weighted by molar-refractivity contribution is 9.10. The van der Waals surface area contributed by atoms with Gasteiger partial charge < -0.3 is 10.1 Å². The van der Waals surface area contributed by atoms with Crippen LogP contribution in [-0.2, 0) is 9.53 Å². The molecule has 21 heavy (non-hydrogen) atoms. The number of ether oxygens (including phenoxy) is 1. The zero-order valence-electron chi connectivity index (χ0n) is 11.4. The van der Waals surface area contributed by atoms with E-state index in [0.717, 1.165) is 41.3 Å². The molecule has 1 saturated heterocycles. The van der Waals surface area contributed by atoms with E-state index < -0.39 is 0 Å². The smallest absolute Gasteiger partial charge is 0.229 e. The quantitative estimate of drug-likeness (QED) is 0.906. The van der Waals surface area contributed by atoms with Gasteiger partial charge in [0.25, 0.3) is 0 Å². The Morgan fingerprint density at radius 2 is 2.33 bits per heavy atom. The molecule has 2 heterocycles. The van der Waals surface area contributed by atoms with Gasteiger partial charge in [-0.3, -0.25) is 4.79 Å². The molecule has 2 aliphatic rings. The first kappa shape index (κ1) is 13.2. The lowest BCUT2D eigenvalue weighted by Crippen LogP contribution is -2.19. The van der Waals surface area contributed by atoms with Gasteiger partial charge in [0.1, 0.15) is 5.82 Å². The molecule has 1 aliphatic carbocycles. The van der Waals surface area contributed by atoms with Gasteiger partial charge in [-0.1, -0.05) is 15.9 Å². The number of carbonyl (C=O) groups is 1. The first-order valence-electron chi connectivity index (χ1n) is 7.11. The molecule has 2 aromatic rings. The number of aromatic nitrogens is 1. The van der Waals surface area contributed by atoms with E-state index in [1.807, 2.05) is 24.3 Å². The summed E-state index contributed by atoms with van der Waals surface area (Å²) in [4.78, 5) is 16.8. The first-order valence-corrected chi connectivity index (χ1v) is 7.90. The van der Waals surface area contributed by atoms with Crippen molar-refractivity contribution in [3.05, 3.63) is 34.9 Å². The summed E-state index contributed by atoms with van der Waals surface area (Å²) in [6.07, 6.45) is 3.67. The van der Waals surface area contributed by atoms with E-state index in [1.54, 1.807) is 6.20 Å². The maximum atomic E-state index is 12.4. The lowest BCUT2D eigenvalue weighted by atomic mass is 10.0. The number of nitrogens with one attached hydrogen (secondary N) is 1. The lowest BCUT2D eigenvalue weighted by molar-refractivity contribution is -0.118. The minimum atomic E-state index is 0.0726. The van der Waals surface area contributed by atoms with Crippen LogP contribution in [0.25, 0.3) is 10.8 Å². The molecule has 0 radical (unpaired) electrons. The number of hydrogen-bond acceptors (Lipinski definition) is 3. The van der Waals surface area contributed by atoms with Crippen molar-refractivity contribution in [3.8, 4) is 0 Å². The monoisotopic (exact) mass is 346 g/mol. The summed E-state index contributed by atoms with van der Waals surface area (Å²) in [7, 11) is 0. The summed E-state index contributed by atoms with van der Waals surface area (Å²) in [5.74, 6) is 0.793. The molecule has 5 heteroatoms. The van der Waals surface area contributed by atoms with Crippen molar-refractivity contribution in [2.24, 2.45) is 11.3 Å². The summed E-state index contributed by atoms with van der Waals surface area (Å²) >= 11 is 3.46. The number of fused-ring (bicyclic) bond motifs is 1. The summed E-state index contributed by atoms with van der Waals surface area (Å²) in [6.45, 7) is 1.51. The molecule has 1 aromatic heterocycles. The number of anilines is 1. The second kappa shape index (κ2) is 4.78. The molecule has 1 aromatic carbocycles. The summed E-state index contributed by atoms with van der Waals surface area (Å²) in [5.41, 5.74) is 0.109. The standard InChI is InChI=1S/C16H15BrN2O2/c17-11-1-2-12-10(7-11)3-5-18-14(12)19-15(20)13-8-16(13)4-6-21-9-16/h1-3,5,7,13H,4,6,8-9H2,(H,18,19,20). The molecule has 0 bridgehead atoms. The normalized spacial score (nSPS) is 27.2. The Morgan fingerprint density at radius 3 is 3.14 bits per heavy atom. The fourth-order valence-corrected chi connectivity index (χ4v) is 3.61. The van der Waals surface area contributed by atoms with Crippen LogP contribution < -0.4 is 5.32 Å². The average Bonchev–Trinajstić information content (AvgIpc) is 2.96. The summed E-state index contributed by atoms with van der Waals surface area (Å²) in [6, 6.07) is 7.90. The molecule has 2 atom stereocenters. The van der Waals surface area contributed by atoms with Gasteiger partial charge in [0.15, 0.2) is 0 Å². The Balaban J connectivity index is 1.59. The zero-order valence-corrected chi connectivity index (χ0v) is 13.0. The highest BCUT2D eigenvalue weighted by Crippen LogP contribution is 2.58. The number of pyridine rings is 1. The van der Waals surface area contributed by atoms with Crippen molar-refractivity contribution < 1.29 is 9.53 Å². The van der Waals surface area contributed by atoms with Crippen LogP contribution in [0.4, 0.5) is 5.82 Å². The van der Waals surface area contributed by atoms with Gasteiger partial charge >= 0.3 is 0 Å². The van der Waals surface area contributed by atoms with Gasteiger partial charge in [0.05, 0.1) is 6.61 Å². The number of rotatable bonds is 2. The van der Waals surface area contributed by atoms with E-state index >= 15 is 0 Å². The van der Waals surface area contributed by atoms with E-state index in [9.17, 15) is 4.79 Å². The third kappa shape index (κ3) is 2.24. The van der Waals surface area contributed by atoms with E-state index in [4.69, 9.17) is 4.74 Å². The number of carbonyl (C=O) groups excluding carboxylic acids is 1. The Morgan fingerprint density at radius 1 is 1.43 bits per heavy atom. The molecule has 1 saturated carbocycles. The first-order chi connectivity index (χ1) is 10.2. The summed E-state index contributed by atoms with van der Waals surface area (Å²) in [5, 5.41) is 5.02. The van der Waals surface area contributed by atoms with Crippen molar-refractivity contribution in [1.82, 2.24) is 4.98 Å². The third-order valence-electron chi connectivity index (χ3n) is 4.61. The molecular formula is C16H15BrN2O2. The minimum absolute atomic E-state index is 0.0726. The van der Waals surface area contributed by atoms with Crippen molar-refractivity contribution in [3.63, 3.8) is 0 Å². The molecule has 1 N–H and O–H groups in total. The van der Waals surface area contributed by atoms with Crippen LogP contribution in [-0.4, -0.2) is 24.1 Å². The lowest BCUT2D eigenvalue weighted by Gasteiger charge is -2.09. The number of nitrogens with zero attached hydrogens (tertiary/aromatic N) is 1. The average molecular weight is 347 g/mol. The van der Waals surface area contributed by atoms with E-state index in [-0.39, 0.29) is 17.2 Å². The molecule has 108 valence electrons. The highest BCUT2D eigenvalue weighted by atomic mass is 79.9. The molecule has 4 rings (SSSR count). The van der Waals surface area contributed by atoms with E-state index in [1.165, 1.54) is 0 Å². The topological polar surface area (TPSA) is 51.2 Å². The number of benzene rings is 1. The van der Waals surface area contributed by atoms with E-state index in [2.05, 4.69) is 26.2 Å². The van der Waals surface area contributed by atoms with Crippen LogP contribution in [0.5, 0.6) is 0 Å². The fourth-order valence-electron chi connectivity index (χ4n) is 3.23. The van der Waals surface area contributed by atoms with Crippen molar-refractivity contribution >= 4 is 38.4 Å². The van der Waals surface area contributed by atoms with Crippen LogP contribution in [0.2, 0.25) is 0 Å². The Labute approximate surface area is 131 Å². The molecule has 1 amide bonds. The molecule has 2 fully saturated rings.